The van der Waals surface area contributed by atoms with Gasteiger partial charge in [-0.25, -0.2) is 0 Å². The number of halogens is 3. The fourth-order valence-electron chi connectivity index (χ4n) is 1.75. The molecule has 8 heteroatoms. The van der Waals surface area contributed by atoms with Crippen LogP contribution in [0.5, 0.6) is 0 Å². The van der Waals surface area contributed by atoms with Gasteiger partial charge in [-0.15, -0.1) is 0 Å². The van der Waals surface area contributed by atoms with E-state index in [1.54, 1.807) is 18.2 Å². The van der Waals surface area contributed by atoms with Crippen LogP contribution in [0.2, 0.25) is 0 Å². The number of hydrogen-bond donors (Lipinski definition) is 1. The Kier molecular flexibility index (Phi) is 4.11. The number of nitro groups is 1. The van der Waals surface area contributed by atoms with Gasteiger partial charge >= 0.3 is 6.18 Å². The van der Waals surface area contributed by atoms with E-state index < -0.39 is 28.3 Å². The van der Waals surface area contributed by atoms with Crippen molar-refractivity contribution in [3.8, 4) is 0 Å². The van der Waals surface area contributed by atoms with Crippen molar-refractivity contribution in [2.24, 2.45) is 0 Å². The lowest BCUT2D eigenvalue weighted by atomic mass is 10.1. The van der Waals surface area contributed by atoms with Gasteiger partial charge in [-0.3, -0.25) is 14.9 Å². The number of alkyl halides is 3. The van der Waals surface area contributed by atoms with Gasteiger partial charge < -0.3 is 5.32 Å². The lowest BCUT2D eigenvalue weighted by Crippen LogP contribution is -2.14. The second-order valence-corrected chi connectivity index (χ2v) is 4.31. The molecule has 0 aliphatic heterocycles. The van der Waals surface area contributed by atoms with Crippen LogP contribution in [-0.2, 0) is 6.18 Å². The van der Waals surface area contributed by atoms with E-state index in [4.69, 9.17) is 0 Å². The van der Waals surface area contributed by atoms with Crippen molar-refractivity contribution < 1.29 is 22.9 Å². The molecule has 5 nitrogen and oxygen atoms in total. The molecule has 0 aliphatic rings. The maximum Gasteiger partial charge on any atom is 0.416 e. The largest absolute Gasteiger partial charge is 0.416 e. The molecule has 0 unspecified atom stereocenters. The molecule has 22 heavy (non-hydrogen) atoms. The first-order valence-corrected chi connectivity index (χ1v) is 6.01. The molecule has 114 valence electrons. The summed E-state index contributed by atoms with van der Waals surface area (Å²) in [4.78, 5) is 21.8. The van der Waals surface area contributed by atoms with Crippen LogP contribution < -0.4 is 5.32 Å². The van der Waals surface area contributed by atoms with Gasteiger partial charge in [-0.2, -0.15) is 13.2 Å². The third-order valence-corrected chi connectivity index (χ3v) is 2.81. The van der Waals surface area contributed by atoms with E-state index in [1.807, 2.05) is 0 Å². The van der Waals surface area contributed by atoms with E-state index in [9.17, 15) is 28.1 Å². The van der Waals surface area contributed by atoms with E-state index in [2.05, 4.69) is 5.32 Å². The van der Waals surface area contributed by atoms with Gasteiger partial charge in [0.1, 0.15) is 5.69 Å². The monoisotopic (exact) mass is 310 g/mol. The van der Waals surface area contributed by atoms with Gasteiger partial charge in [0, 0.05) is 11.6 Å². The molecule has 0 radical (unpaired) electrons. The Bertz CT molecular complexity index is 715. The second-order valence-electron chi connectivity index (χ2n) is 4.31. The Hall–Kier alpha value is -2.90. The molecular weight excluding hydrogens is 301 g/mol. The molecule has 2 aromatic rings. The Balaban J connectivity index is 2.35. The summed E-state index contributed by atoms with van der Waals surface area (Å²) < 4.78 is 37.7. The summed E-state index contributed by atoms with van der Waals surface area (Å²) in [5.74, 6) is -0.650. The standard InChI is InChI=1S/C14H9F3N2O3/c15-14(16,17)10-6-7-11(12(8-10)19(21)22)18-13(20)9-4-2-1-3-5-9/h1-8H,(H,18,20). The van der Waals surface area contributed by atoms with Gasteiger partial charge in [-0.05, 0) is 24.3 Å². The highest BCUT2D eigenvalue weighted by Gasteiger charge is 2.33. The molecule has 0 fully saturated rings. The predicted octanol–water partition coefficient (Wildman–Crippen LogP) is 3.87. The highest BCUT2D eigenvalue weighted by Crippen LogP contribution is 2.35. The zero-order chi connectivity index (χ0) is 16.3. The minimum Gasteiger partial charge on any atom is -0.316 e. The fraction of sp³-hybridized carbons (Fsp3) is 0.0714. The molecule has 0 aromatic heterocycles. The number of benzene rings is 2. The first kappa shape index (κ1) is 15.5. The average molecular weight is 310 g/mol. The second kappa shape index (κ2) is 5.84. The molecule has 1 N–H and O–H groups in total. The molecule has 0 saturated heterocycles. The van der Waals surface area contributed by atoms with Gasteiger partial charge in [0.15, 0.2) is 0 Å². The summed E-state index contributed by atoms with van der Waals surface area (Å²) in [5.41, 5.74) is -2.04. The van der Waals surface area contributed by atoms with Crippen LogP contribution in [0.1, 0.15) is 15.9 Å². The van der Waals surface area contributed by atoms with Crippen LogP contribution in [-0.4, -0.2) is 10.8 Å². The zero-order valence-corrected chi connectivity index (χ0v) is 10.9. The quantitative estimate of drug-likeness (QED) is 0.691. The summed E-state index contributed by atoms with van der Waals surface area (Å²) >= 11 is 0. The van der Waals surface area contributed by atoms with Gasteiger partial charge in [0.2, 0.25) is 0 Å². The summed E-state index contributed by atoms with van der Waals surface area (Å²) in [6.07, 6.45) is -4.70. The van der Waals surface area contributed by atoms with Crippen LogP contribution in [0.15, 0.2) is 48.5 Å². The third-order valence-electron chi connectivity index (χ3n) is 2.81. The number of amides is 1. The van der Waals surface area contributed by atoms with Crippen LogP contribution in [0.3, 0.4) is 0 Å². The van der Waals surface area contributed by atoms with Gasteiger partial charge in [-0.1, -0.05) is 18.2 Å². The highest BCUT2D eigenvalue weighted by molar-refractivity contribution is 6.05. The number of carbonyl (C=O) groups excluding carboxylic acids is 1. The van der Waals surface area contributed by atoms with Crippen molar-refractivity contribution in [2.45, 2.75) is 6.18 Å². The van der Waals surface area contributed by atoms with Gasteiger partial charge in [0.25, 0.3) is 11.6 Å². The van der Waals surface area contributed by atoms with E-state index in [0.717, 1.165) is 6.07 Å². The smallest absolute Gasteiger partial charge is 0.316 e. The fourth-order valence-corrected chi connectivity index (χ4v) is 1.75. The van der Waals surface area contributed by atoms with Crippen molar-refractivity contribution in [3.05, 3.63) is 69.8 Å². The molecule has 0 spiro atoms. The highest BCUT2D eigenvalue weighted by atomic mass is 19.4. The predicted molar refractivity (Wildman–Crippen MR) is 72.5 cm³/mol. The van der Waals surface area contributed by atoms with E-state index >= 15 is 0 Å². The molecule has 0 saturated carbocycles. The third kappa shape index (κ3) is 3.40. The number of nitrogens with zero attached hydrogens (tertiary/aromatic N) is 1. The number of hydrogen-bond acceptors (Lipinski definition) is 3. The number of rotatable bonds is 3. The topological polar surface area (TPSA) is 72.2 Å². The molecule has 2 aromatic carbocycles. The van der Waals surface area contributed by atoms with Gasteiger partial charge in [0.05, 0.1) is 10.5 Å². The van der Waals surface area contributed by atoms with Crippen molar-refractivity contribution in [1.29, 1.82) is 0 Å². The number of nitro benzene ring substituents is 1. The zero-order valence-electron chi connectivity index (χ0n) is 10.9. The molecule has 1 amide bonds. The van der Waals surface area contributed by atoms with E-state index in [1.165, 1.54) is 12.1 Å². The SMILES string of the molecule is O=C(Nc1ccc(C(F)(F)F)cc1[N+](=O)[O-])c1ccccc1. The summed E-state index contributed by atoms with van der Waals surface area (Å²) in [5, 5.41) is 13.1. The number of anilines is 1. The normalized spacial score (nSPS) is 11.0. The molecular formula is C14H9F3N2O3. The van der Waals surface area contributed by atoms with E-state index in [0.29, 0.717) is 12.1 Å². The molecule has 0 bridgehead atoms. The Labute approximate surface area is 122 Å². The minimum absolute atomic E-state index is 0.233. The van der Waals surface area contributed by atoms with Crippen LogP contribution in [0, 0.1) is 10.1 Å². The summed E-state index contributed by atoms with van der Waals surface area (Å²) in [6.45, 7) is 0. The Morgan fingerprint density at radius 1 is 1.09 bits per heavy atom. The maximum atomic E-state index is 12.6. The average Bonchev–Trinajstić information content (AvgIpc) is 2.47. The molecule has 0 heterocycles. The maximum absolute atomic E-state index is 12.6. The van der Waals surface area contributed by atoms with Crippen molar-refractivity contribution in [2.75, 3.05) is 5.32 Å². The van der Waals surface area contributed by atoms with Crippen LogP contribution in [0.25, 0.3) is 0 Å². The van der Waals surface area contributed by atoms with Crippen molar-refractivity contribution in [1.82, 2.24) is 0 Å². The van der Waals surface area contributed by atoms with Crippen LogP contribution >= 0.6 is 0 Å². The first-order valence-electron chi connectivity index (χ1n) is 6.01. The minimum atomic E-state index is -4.70. The van der Waals surface area contributed by atoms with Crippen molar-refractivity contribution >= 4 is 17.3 Å². The molecule has 0 aliphatic carbocycles. The van der Waals surface area contributed by atoms with Crippen molar-refractivity contribution in [3.63, 3.8) is 0 Å². The Morgan fingerprint density at radius 2 is 1.73 bits per heavy atom. The summed E-state index contributed by atoms with van der Waals surface area (Å²) in [6, 6.07) is 9.75. The number of carbonyl (C=O) groups is 1. The van der Waals surface area contributed by atoms with E-state index in [-0.39, 0.29) is 11.3 Å². The molecule has 2 rings (SSSR count). The Morgan fingerprint density at radius 3 is 2.27 bits per heavy atom. The van der Waals surface area contributed by atoms with Crippen LogP contribution in [0.4, 0.5) is 24.5 Å². The first-order chi connectivity index (χ1) is 10.3. The lowest BCUT2D eigenvalue weighted by molar-refractivity contribution is -0.384. The summed E-state index contributed by atoms with van der Waals surface area (Å²) in [7, 11) is 0. The lowest BCUT2D eigenvalue weighted by Gasteiger charge is -2.10. The molecule has 0 atom stereocenters. The number of nitrogens with one attached hydrogen (secondary N) is 1.